The molecule has 8 heteroatoms. The second-order valence-corrected chi connectivity index (χ2v) is 6.90. The van der Waals surface area contributed by atoms with Crippen molar-refractivity contribution in [3.63, 3.8) is 0 Å². The molecule has 2 N–H and O–H groups in total. The standard InChI is InChI=1S/C21H20N6O2/c1-12-8-16(12)21(28)25-18-9-17-13(10-24-20(22-2)19(17)27-26-18)4-5-14-6-7-15(29-3)11-23-14/h6-7,9-12,16H,8H2,1-3H3,(H,22,24)(H,25,26,28)/t12-,16+/m1/s1. The Morgan fingerprint density at radius 3 is 2.69 bits per heavy atom. The lowest BCUT2D eigenvalue weighted by Gasteiger charge is -2.08. The summed E-state index contributed by atoms with van der Waals surface area (Å²) in [6.45, 7) is 2.06. The van der Waals surface area contributed by atoms with Crippen LogP contribution in [0.2, 0.25) is 0 Å². The fourth-order valence-corrected chi connectivity index (χ4v) is 2.99. The maximum Gasteiger partial charge on any atom is 0.228 e. The summed E-state index contributed by atoms with van der Waals surface area (Å²) in [5.74, 6) is 8.23. The highest BCUT2D eigenvalue weighted by Crippen LogP contribution is 2.38. The highest BCUT2D eigenvalue weighted by atomic mass is 16.5. The summed E-state index contributed by atoms with van der Waals surface area (Å²) in [6, 6.07) is 5.36. The molecule has 3 aromatic rings. The van der Waals surface area contributed by atoms with Crippen LogP contribution in [-0.2, 0) is 4.79 Å². The molecule has 29 heavy (non-hydrogen) atoms. The molecule has 1 aliphatic rings. The van der Waals surface area contributed by atoms with Crippen molar-refractivity contribution in [2.75, 3.05) is 24.8 Å². The van der Waals surface area contributed by atoms with Crippen LogP contribution in [0.1, 0.15) is 24.6 Å². The lowest BCUT2D eigenvalue weighted by Crippen LogP contribution is -2.16. The highest BCUT2D eigenvalue weighted by Gasteiger charge is 2.39. The maximum atomic E-state index is 12.2. The van der Waals surface area contributed by atoms with Gasteiger partial charge in [0.1, 0.15) is 17.0 Å². The molecule has 0 bridgehead atoms. The Kier molecular flexibility index (Phi) is 4.96. The molecule has 1 amide bonds. The average Bonchev–Trinajstić information content (AvgIpc) is 3.49. The van der Waals surface area contributed by atoms with Gasteiger partial charge in [0.05, 0.1) is 18.9 Å². The van der Waals surface area contributed by atoms with Gasteiger partial charge in [-0.2, -0.15) is 0 Å². The van der Waals surface area contributed by atoms with E-state index in [0.717, 1.165) is 11.8 Å². The van der Waals surface area contributed by atoms with Crippen LogP contribution in [-0.4, -0.2) is 40.2 Å². The van der Waals surface area contributed by atoms with Gasteiger partial charge in [-0.1, -0.05) is 12.8 Å². The number of anilines is 2. The van der Waals surface area contributed by atoms with Crippen molar-refractivity contribution >= 4 is 28.4 Å². The van der Waals surface area contributed by atoms with Crippen LogP contribution in [0.4, 0.5) is 11.6 Å². The van der Waals surface area contributed by atoms with Crippen LogP contribution in [0.3, 0.4) is 0 Å². The average molecular weight is 388 g/mol. The van der Waals surface area contributed by atoms with E-state index in [-0.39, 0.29) is 11.8 Å². The summed E-state index contributed by atoms with van der Waals surface area (Å²) in [5.41, 5.74) is 1.86. The van der Waals surface area contributed by atoms with Crippen LogP contribution in [0, 0.1) is 23.7 Å². The Hall–Kier alpha value is -3.73. The first kappa shape index (κ1) is 18.6. The molecule has 1 fully saturated rings. The summed E-state index contributed by atoms with van der Waals surface area (Å²) in [6.07, 6.45) is 4.19. The third-order valence-corrected chi connectivity index (χ3v) is 4.86. The van der Waals surface area contributed by atoms with E-state index in [4.69, 9.17) is 4.74 Å². The number of hydrogen-bond acceptors (Lipinski definition) is 7. The number of methoxy groups -OCH3 is 1. The quantitative estimate of drug-likeness (QED) is 0.662. The van der Waals surface area contributed by atoms with E-state index in [2.05, 4.69) is 49.6 Å². The lowest BCUT2D eigenvalue weighted by atomic mass is 10.1. The monoisotopic (exact) mass is 388 g/mol. The van der Waals surface area contributed by atoms with Crippen LogP contribution < -0.4 is 15.4 Å². The van der Waals surface area contributed by atoms with E-state index in [1.54, 1.807) is 44.8 Å². The summed E-state index contributed by atoms with van der Waals surface area (Å²) >= 11 is 0. The molecule has 146 valence electrons. The minimum atomic E-state index is -0.0240. The number of nitrogens with zero attached hydrogens (tertiary/aromatic N) is 4. The van der Waals surface area contributed by atoms with Crippen LogP contribution in [0.25, 0.3) is 10.9 Å². The summed E-state index contributed by atoms with van der Waals surface area (Å²) in [4.78, 5) is 20.9. The molecular weight excluding hydrogens is 368 g/mol. The molecular formula is C21H20N6O2. The third-order valence-electron chi connectivity index (χ3n) is 4.86. The number of amides is 1. The van der Waals surface area contributed by atoms with Crippen molar-refractivity contribution in [3.8, 4) is 17.6 Å². The number of aromatic nitrogens is 4. The minimum Gasteiger partial charge on any atom is -0.495 e. The molecule has 0 radical (unpaired) electrons. The zero-order valence-corrected chi connectivity index (χ0v) is 16.4. The molecule has 3 heterocycles. The maximum absolute atomic E-state index is 12.2. The molecule has 0 aliphatic heterocycles. The van der Waals surface area contributed by atoms with Crippen molar-refractivity contribution in [2.45, 2.75) is 13.3 Å². The Balaban J connectivity index is 1.69. The van der Waals surface area contributed by atoms with Crippen LogP contribution >= 0.6 is 0 Å². The Labute approximate surface area is 168 Å². The number of hydrogen-bond donors (Lipinski definition) is 2. The molecule has 0 saturated heterocycles. The number of carbonyl (C=O) groups is 1. The topological polar surface area (TPSA) is 102 Å². The SMILES string of the molecule is CNc1ncc(C#Cc2ccc(OC)cn2)c2cc(NC(=O)[C@H]3C[C@H]3C)nnc12. The van der Waals surface area contributed by atoms with Gasteiger partial charge in [-0.25, -0.2) is 9.97 Å². The Morgan fingerprint density at radius 2 is 2.03 bits per heavy atom. The number of rotatable bonds is 4. The second-order valence-electron chi connectivity index (χ2n) is 6.90. The van der Waals surface area contributed by atoms with Gasteiger partial charge in [-0.15, -0.1) is 10.2 Å². The second kappa shape index (κ2) is 7.72. The minimum absolute atomic E-state index is 0.0240. The predicted molar refractivity (Wildman–Crippen MR) is 110 cm³/mol. The Morgan fingerprint density at radius 1 is 1.21 bits per heavy atom. The van der Waals surface area contributed by atoms with Crippen LogP contribution in [0.5, 0.6) is 5.75 Å². The van der Waals surface area contributed by atoms with Crippen molar-refractivity contribution < 1.29 is 9.53 Å². The molecule has 0 unspecified atom stereocenters. The summed E-state index contributed by atoms with van der Waals surface area (Å²) in [5, 5.41) is 15.0. The lowest BCUT2D eigenvalue weighted by molar-refractivity contribution is -0.117. The normalized spacial score (nSPS) is 17.2. The van der Waals surface area contributed by atoms with Gasteiger partial charge in [-0.3, -0.25) is 4.79 Å². The van der Waals surface area contributed by atoms with Gasteiger partial charge in [0.2, 0.25) is 5.91 Å². The fraction of sp³-hybridized carbons (Fsp3) is 0.286. The molecule has 0 spiro atoms. The number of carbonyl (C=O) groups excluding carboxylic acids is 1. The largest absolute Gasteiger partial charge is 0.495 e. The highest BCUT2D eigenvalue weighted by molar-refractivity contribution is 5.97. The first-order valence-electron chi connectivity index (χ1n) is 9.26. The summed E-state index contributed by atoms with van der Waals surface area (Å²) in [7, 11) is 3.35. The molecule has 3 aromatic heterocycles. The zero-order valence-electron chi connectivity index (χ0n) is 16.4. The molecule has 4 rings (SSSR count). The first-order chi connectivity index (χ1) is 14.1. The molecule has 2 atom stereocenters. The fourth-order valence-electron chi connectivity index (χ4n) is 2.99. The number of nitrogens with one attached hydrogen (secondary N) is 2. The van der Waals surface area contributed by atoms with Gasteiger partial charge < -0.3 is 15.4 Å². The van der Waals surface area contributed by atoms with E-state index in [0.29, 0.717) is 40.1 Å². The number of pyridine rings is 2. The van der Waals surface area contributed by atoms with E-state index in [9.17, 15) is 4.79 Å². The predicted octanol–water partition coefficient (Wildman–Crippen LogP) is 2.46. The van der Waals surface area contributed by atoms with Crippen molar-refractivity contribution in [2.24, 2.45) is 11.8 Å². The van der Waals surface area contributed by atoms with E-state index >= 15 is 0 Å². The van der Waals surface area contributed by atoms with Crippen molar-refractivity contribution in [1.29, 1.82) is 0 Å². The Bertz CT molecular complexity index is 1130. The van der Waals surface area contributed by atoms with E-state index in [1.807, 2.05) is 0 Å². The van der Waals surface area contributed by atoms with Gasteiger partial charge >= 0.3 is 0 Å². The first-order valence-corrected chi connectivity index (χ1v) is 9.26. The van der Waals surface area contributed by atoms with Crippen molar-refractivity contribution in [3.05, 3.63) is 41.9 Å². The third kappa shape index (κ3) is 3.94. The molecule has 1 aliphatic carbocycles. The number of fused-ring (bicyclic) bond motifs is 1. The smallest absolute Gasteiger partial charge is 0.228 e. The van der Waals surface area contributed by atoms with E-state index < -0.39 is 0 Å². The van der Waals surface area contributed by atoms with Gasteiger partial charge in [-0.05, 0) is 36.5 Å². The van der Waals surface area contributed by atoms with Gasteiger partial charge in [0.15, 0.2) is 11.6 Å². The zero-order chi connectivity index (χ0) is 20.4. The summed E-state index contributed by atoms with van der Waals surface area (Å²) < 4.78 is 5.11. The molecule has 8 nitrogen and oxygen atoms in total. The molecule has 0 aromatic carbocycles. The van der Waals surface area contributed by atoms with E-state index in [1.165, 1.54) is 0 Å². The van der Waals surface area contributed by atoms with Crippen molar-refractivity contribution in [1.82, 2.24) is 20.2 Å². The number of ether oxygens (including phenoxy) is 1. The van der Waals surface area contributed by atoms with Gasteiger partial charge in [0, 0.05) is 24.5 Å². The molecule has 1 saturated carbocycles. The van der Waals surface area contributed by atoms with Crippen LogP contribution in [0.15, 0.2) is 30.6 Å². The van der Waals surface area contributed by atoms with Gasteiger partial charge in [0.25, 0.3) is 0 Å².